The van der Waals surface area contributed by atoms with Gasteiger partial charge in [0.05, 0.1) is 18.4 Å². The number of rotatable bonds is 2. The van der Waals surface area contributed by atoms with Crippen LogP contribution in [0.1, 0.15) is 28.9 Å². The van der Waals surface area contributed by atoms with Crippen LogP contribution in [-0.4, -0.2) is 36.9 Å². The molecule has 0 saturated carbocycles. The van der Waals surface area contributed by atoms with Crippen LogP contribution >= 0.6 is 0 Å². The Kier molecular flexibility index (Phi) is 3.60. The number of carbonyl (C=O) groups excluding carboxylic acids is 2. The number of carbonyl (C=O) groups is 2. The summed E-state index contributed by atoms with van der Waals surface area (Å²) in [4.78, 5) is 29.1. The fraction of sp³-hybridized carbons (Fsp3) is 0.462. The Morgan fingerprint density at radius 3 is 2.56 bits per heavy atom. The molecule has 5 nitrogen and oxygen atoms in total. The summed E-state index contributed by atoms with van der Waals surface area (Å²) in [5, 5.41) is 0. The van der Waals surface area contributed by atoms with Gasteiger partial charge in [-0.1, -0.05) is 0 Å². The molecule has 1 saturated heterocycles. The number of methoxy groups -OCH3 is 1. The summed E-state index contributed by atoms with van der Waals surface area (Å²) < 4.78 is 4.68. The van der Waals surface area contributed by atoms with Crippen LogP contribution < -0.4 is 4.90 Å². The van der Waals surface area contributed by atoms with Crippen molar-refractivity contribution in [3.63, 3.8) is 0 Å². The van der Waals surface area contributed by atoms with Crippen molar-refractivity contribution in [1.29, 1.82) is 0 Å². The van der Waals surface area contributed by atoms with Gasteiger partial charge >= 0.3 is 5.97 Å². The van der Waals surface area contributed by atoms with Crippen molar-refractivity contribution >= 4 is 17.6 Å². The molecule has 2 rings (SSSR count). The van der Waals surface area contributed by atoms with Crippen molar-refractivity contribution in [3.8, 4) is 0 Å². The van der Waals surface area contributed by atoms with E-state index >= 15 is 0 Å². The van der Waals surface area contributed by atoms with E-state index < -0.39 is 0 Å². The van der Waals surface area contributed by atoms with Gasteiger partial charge < -0.3 is 9.64 Å². The van der Waals surface area contributed by atoms with Gasteiger partial charge in [-0.2, -0.15) is 0 Å². The molecule has 96 valence electrons. The lowest BCUT2D eigenvalue weighted by Gasteiger charge is -2.27. The molecule has 0 atom stereocenters. The molecule has 0 amide bonds. The van der Waals surface area contributed by atoms with Gasteiger partial charge in [0.25, 0.3) is 0 Å². The zero-order valence-corrected chi connectivity index (χ0v) is 10.6. The minimum Gasteiger partial charge on any atom is -0.465 e. The summed E-state index contributed by atoms with van der Waals surface area (Å²) in [5.74, 6) is 0.738. The van der Waals surface area contributed by atoms with Crippen molar-refractivity contribution in [2.75, 3.05) is 25.1 Å². The standard InChI is InChI=1S/C13H16N2O3/c1-9-11(13(17)18-2)3-4-12(14-9)15-7-5-10(16)6-8-15/h3-4H,5-8H2,1-2H3. The predicted octanol–water partition coefficient (Wildman–Crippen LogP) is 1.35. The van der Waals surface area contributed by atoms with Crippen LogP contribution in [0.3, 0.4) is 0 Å². The van der Waals surface area contributed by atoms with Crippen LogP contribution in [0.4, 0.5) is 5.82 Å². The number of Topliss-reactive ketones (excluding diaryl/α,β-unsaturated/α-hetero) is 1. The van der Waals surface area contributed by atoms with Crippen molar-refractivity contribution in [2.24, 2.45) is 0 Å². The first-order valence-electron chi connectivity index (χ1n) is 5.94. The number of ether oxygens (including phenoxy) is 1. The molecule has 0 aliphatic carbocycles. The Labute approximate surface area is 106 Å². The highest BCUT2D eigenvalue weighted by atomic mass is 16.5. The monoisotopic (exact) mass is 248 g/mol. The molecule has 0 bridgehead atoms. The van der Waals surface area contributed by atoms with Gasteiger partial charge in [-0.05, 0) is 19.1 Å². The third-order valence-electron chi connectivity index (χ3n) is 3.12. The maximum atomic E-state index is 11.4. The van der Waals surface area contributed by atoms with Gasteiger partial charge in [-0.25, -0.2) is 9.78 Å². The molecule has 1 aliphatic rings. The fourth-order valence-corrected chi connectivity index (χ4v) is 2.03. The summed E-state index contributed by atoms with van der Waals surface area (Å²) in [7, 11) is 1.35. The van der Waals surface area contributed by atoms with E-state index in [9.17, 15) is 9.59 Å². The summed E-state index contributed by atoms with van der Waals surface area (Å²) >= 11 is 0. The number of ketones is 1. The summed E-state index contributed by atoms with van der Waals surface area (Å²) in [6, 6.07) is 3.52. The fourth-order valence-electron chi connectivity index (χ4n) is 2.03. The van der Waals surface area contributed by atoms with E-state index in [1.165, 1.54) is 7.11 Å². The zero-order chi connectivity index (χ0) is 13.1. The van der Waals surface area contributed by atoms with Gasteiger partial charge in [0.1, 0.15) is 11.6 Å². The van der Waals surface area contributed by atoms with Gasteiger partial charge in [-0.3, -0.25) is 4.79 Å². The SMILES string of the molecule is COC(=O)c1ccc(N2CCC(=O)CC2)nc1C. The lowest BCUT2D eigenvalue weighted by Crippen LogP contribution is -2.34. The number of aryl methyl sites for hydroxylation is 1. The van der Waals surface area contributed by atoms with Gasteiger partial charge in [0, 0.05) is 25.9 Å². The van der Waals surface area contributed by atoms with E-state index in [-0.39, 0.29) is 5.97 Å². The number of hydrogen-bond acceptors (Lipinski definition) is 5. The van der Waals surface area contributed by atoms with Gasteiger partial charge in [0.15, 0.2) is 0 Å². The maximum Gasteiger partial charge on any atom is 0.339 e. The second kappa shape index (κ2) is 5.16. The molecule has 0 N–H and O–H groups in total. The predicted molar refractivity (Wildman–Crippen MR) is 66.8 cm³/mol. The first kappa shape index (κ1) is 12.5. The Hall–Kier alpha value is -1.91. The number of nitrogens with zero attached hydrogens (tertiary/aromatic N) is 2. The molecule has 0 spiro atoms. The Morgan fingerprint density at radius 1 is 1.33 bits per heavy atom. The average molecular weight is 248 g/mol. The summed E-state index contributed by atoms with van der Waals surface area (Å²) in [6.45, 7) is 3.18. The molecule has 0 radical (unpaired) electrons. The Balaban J connectivity index is 2.18. The molecule has 0 unspecified atom stereocenters. The first-order chi connectivity index (χ1) is 8.61. The smallest absolute Gasteiger partial charge is 0.339 e. The minimum absolute atomic E-state index is 0.300. The molecule has 2 heterocycles. The van der Waals surface area contributed by atoms with Crippen LogP contribution in [0.2, 0.25) is 0 Å². The van der Waals surface area contributed by atoms with Crippen LogP contribution in [0.5, 0.6) is 0 Å². The number of esters is 1. The van der Waals surface area contributed by atoms with Crippen molar-refractivity contribution in [1.82, 2.24) is 4.98 Å². The highest BCUT2D eigenvalue weighted by Crippen LogP contribution is 2.18. The number of anilines is 1. The number of pyridine rings is 1. The Bertz CT molecular complexity index is 475. The van der Waals surface area contributed by atoms with Crippen molar-refractivity contribution in [3.05, 3.63) is 23.4 Å². The molecule has 18 heavy (non-hydrogen) atoms. The van der Waals surface area contributed by atoms with Gasteiger partial charge in [0.2, 0.25) is 0 Å². The maximum absolute atomic E-state index is 11.4. The lowest BCUT2D eigenvalue weighted by atomic mass is 10.1. The van der Waals surface area contributed by atoms with Gasteiger partial charge in [-0.15, -0.1) is 0 Å². The number of aromatic nitrogens is 1. The molecule has 1 aromatic heterocycles. The molecule has 5 heteroatoms. The average Bonchev–Trinajstić information content (AvgIpc) is 2.38. The molecule has 1 aromatic rings. The van der Waals surface area contributed by atoms with Crippen molar-refractivity contribution in [2.45, 2.75) is 19.8 Å². The molecular formula is C13H16N2O3. The minimum atomic E-state index is -0.375. The van der Waals surface area contributed by atoms with Crippen LogP contribution in [0, 0.1) is 6.92 Å². The lowest BCUT2D eigenvalue weighted by molar-refractivity contribution is -0.119. The highest BCUT2D eigenvalue weighted by molar-refractivity contribution is 5.90. The topological polar surface area (TPSA) is 59.5 Å². The van der Waals surface area contributed by atoms with E-state index in [1.807, 2.05) is 0 Å². The number of piperidine rings is 1. The van der Waals surface area contributed by atoms with E-state index in [4.69, 9.17) is 0 Å². The number of hydrogen-bond donors (Lipinski definition) is 0. The van der Waals surface area contributed by atoms with Crippen LogP contribution in [0.15, 0.2) is 12.1 Å². The summed E-state index contributed by atoms with van der Waals surface area (Å²) in [5.41, 5.74) is 1.13. The quantitative estimate of drug-likeness (QED) is 0.739. The third-order valence-corrected chi connectivity index (χ3v) is 3.12. The molecular weight excluding hydrogens is 232 g/mol. The van der Waals surface area contributed by atoms with E-state index in [2.05, 4.69) is 14.6 Å². The Morgan fingerprint density at radius 2 is 2.00 bits per heavy atom. The highest BCUT2D eigenvalue weighted by Gasteiger charge is 2.19. The molecule has 1 fully saturated rings. The molecule has 0 aromatic carbocycles. The second-order valence-corrected chi connectivity index (χ2v) is 4.32. The van der Waals surface area contributed by atoms with Crippen LogP contribution in [-0.2, 0) is 9.53 Å². The zero-order valence-electron chi connectivity index (χ0n) is 10.6. The van der Waals surface area contributed by atoms with E-state index in [1.54, 1.807) is 19.1 Å². The second-order valence-electron chi connectivity index (χ2n) is 4.32. The van der Waals surface area contributed by atoms with Crippen molar-refractivity contribution < 1.29 is 14.3 Å². The molecule has 1 aliphatic heterocycles. The largest absolute Gasteiger partial charge is 0.465 e. The van der Waals surface area contributed by atoms with E-state index in [0.29, 0.717) is 43.0 Å². The van der Waals surface area contributed by atoms with E-state index in [0.717, 1.165) is 5.82 Å². The third kappa shape index (κ3) is 2.50. The first-order valence-corrected chi connectivity index (χ1v) is 5.94. The normalized spacial score (nSPS) is 15.7. The van der Waals surface area contributed by atoms with Crippen LogP contribution in [0.25, 0.3) is 0 Å². The summed E-state index contributed by atoms with van der Waals surface area (Å²) in [6.07, 6.45) is 1.14.